The molecule has 0 fully saturated rings. The molecule has 92 valence electrons. The zero-order chi connectivity index (χ0) is 12.5. The zero-order valence-corrected chi connectivity index (χ0v) is 10.8. The summed E-state index contributed by atoms with van der Waals surface area (Å²) in [6, 6.07) is 8.04. The van der Waals surface area contributed by atoms with Gasteiger partial charge >= 0.3 is 0 Å². The number of hydrogen-bond acceptors (Lipinski definition) is 4. The van der Waals surface area contributed by atoms with Gasteiger partial charge in [-0.05, 0) is 6.07 Å². The Morgan fingerprint density at radius 1 is 1.39 bits per heavy atom. The molecule has 1 unspecified atom stereocenters. The summed E-state index contributed by atoms with van der Waals surface area (Å²) < 4.78 is 1.85. The molecular weight excluding hydrogens is 246 g/mol. The second-order valence-corrected chi connectivity index (χ2v) is 5.10. The third-order valence-electron chi connectivity index (χ3n) is 2.96. The number of para-hydroxylation sites is 1. The van der Waals surface area contributed by atoms with Gasteiger partial charge in [-0.1, -0.05) is 18.2 Å². The molecule has 5 heteroatoms. The van der Waals surface area contributed by atoms with Gasteiger partial charge in [0, 0.05) is 30.4 Å². The smallest absolute Gasteiger partial charge is 0.122 e. The number of benzene rings is 1. The van der Waals surface area contributed by atoms with Crippen LogP contribution in [0.1, 0.15) is 16.8 Å². The molecule has 3 rings (SSSR count). The Morgan fingerprint density at radius 3 is 3.00 bits per heavy atom. The van der Waals surface area contributed by atoms with Gasteiger partial charge in [0.2, 0.25) is 0 Å². The van der Waals surface area contributed by atoms with Crippen LogP contribution in [0.4, 0.5) is 0 Å². The molecular formula is C13H13N3OS. The number of hydrogen-bond donors (Lipinski definition) is 1. The van der Waals surface area contributed by atoms with Crippen LogP contribution >= 0.6 is 11.3 Å². The van der Waals surface area contributed by atoms with Gasteiger partial charge in [-0.15, -0.1) is 11.3 Å². The van der Waals surface area contributed by atoms with Crippen molar-refractivity contribution in [1.82, 2.24) is 14.8 Å². The summed E-state index contributed by atoms with van der Waals surface area (Å²) in [6.07, 6.45) is 1.62. The fourth-order valence-corrected chi connectivity index (χ4v) is 2.73. The average Bonchev–Trinajstić information content (AvgIpc) is 3.00. The SMILES string of the molecule is Cn1nc(CC(O)c2nccs2)c2ccccc21. The van der Waals surface area contributed by atoms with Crippen LogP contribution in [-0.4, -0.2) is 19.9 Å². The number of thiazole rings is 1. The summed E-state index contributed by atoms with van der Waals surface area (Å²) in [5.41, 5.74) is 2.00. The number of nitrogens with zero attached hydrogens (tertiary/aromatic N) is 3. The monoisotopic (exact) mass is 259 g/mol. The molecule has 0 saturated heterocycles. The Hall–Kier alpha value is -1.72. The maximum atomic E-state index is 10.1. The molecule has 0 radical (unpaired) electrons. The third-order valence-corrected chi connectivity index (χ3v) is 3.83. The topological polar surface area (TPSA) is 50.9 Å². The van der Waals surface area contributed by atoms with Gasteiger partial charge in [-0.2, -0.15) is 5.10 Å². The summed E-state index contributed by atoms with van der Waals surface area (Å²) in [5.74, 6) is 0. The van der Waals surface area contributed by atoms with Crippen molar-refractivity contribution in [3.05, 3.63) is 46.5 Å². The molecule has 1 aromatic carbocycles. The van der Waals surface area contributed by atoms with Crippen molar-refractivity contribution in [3.63, 3.8) is 0 Å². The average molecular weight is 259 g/mol. The first-order valence-electron chi connectivity index (χ1n) is 5.74. The first-order chi connectivity index (χ1) is 8.75. The number of rotatable bonds is 3. The van der Waals surface area contributed by atoms with Gasteiger partial charge in [-0.25, -0.2) is 4.98 Å². The number of fused-ring (bicyclic) bond motifs is 1. The van der Waals surface area contributed by atoms with Crippen LogP contribution in [0.5, 0.6) is 0 Å². The van der Waals surface area contributed by atoms with Crippen molar-refractivity contribution in [2.75, 3.05) is 0 Å². The Morgan fingerprint density at radius 2 is 2.22 bits per heavy atom. The van der Waals surface area contributed by atoms with E-state index in [1.54, 1.807) is 6.20 Å². The van der Waals surface area contributed by atoms with E-state index in [1.165, 1.54) is 11.3 Å². The van der Waals surface area contributed by atoms with E-state index < -0.39 is 6.10 Å². The van der Waals surface area contributed by atoms with Crippen LogP contribution in [0, 0.1) is 0 Å². The quantitative estimate of drug-likeness (QED) is 0.785. The van der Waals surface area contributed by atoms with Gasteiger partial charge in [0.25, 0.3) is 0 Å². The molecule has 0 aliphatic carbocycles. The van der Waals surface area contributed by atoms with Crippen LogP contribution < -0.4 is 0 Å². The molecule has 2 heterocycles. The van der Waals surface area contributed by atoms with E-state index in [0.29, 0.717) is 6.42 Å². The molecule has 3 aromatic rings. The minimum absolute atomic E-state index is 0.495. The van der Waals surface area contributed by atoms with Crippen LogP contribution in [0.25, 0.3) is 10.9 Å². The van der Waals surface area contributed by atoms with Gasteiger partial charge in [-0.3, -0.25) is 4.68 Å². The second kappa shape index (κ2) is 4.51. The standard InChI is InChI=1S/C13H13N3OS/c1-16-11-5-3-2-4-9(11)10(15-16)8-12(17)13-14-6-7-18-13/h2-7,12,17H,8H2,1H3. The lowest BCUT2D eigenvalue weighted by Crippen LogP contribution is -2.02. The van der Waals surface area contributed by atoms with Crippen molar-refractivity contribution in [1.29, 1.82) is 0 Å². The van der Waals surface area contributed by atoms with Gasteiger partial charge in [0.1, 0.15) is 11.1 Å². The first-order valence-corrected chi connectivity index (χ1v) is 6.62. The van der Waals surface area contributed by atoms with Crippen LogP contribution in [0.2, 0.25) is 0 Å². The Labute approximate surface area is 109 Å². The summed E-state index contributed by atoms with van der Waals surface area (Å²) in [5, 5.41) is 18.3. The predicted molar refractivity (Wildman–Crippen MR) is 71.5 cm³/mol. The predicted octanol–water partition coefficient (Wildman–Crippen LogP) is 2.31. The van der Waals surface area contributed by atoms with E-state index in [-0.39, 0.29) is 0 Å². The molecule has 1 N–H and O–H groups in total. The van der Waals surface area contributed by atoms with E-state index in [4.69, 9.17) is 0 Å². The van der Waals surface area contributed by atoms with Crippen LogP contribution in [0.3, 0.4) is 0 Å². The molecule has 18 heavy (non-hydrogen) atoms. The largest absolute Gasteiger partial charge is 0.386 e. The van der Waals surface area contributed by atoms with Crippen molar-refractivity contribution in [2.24, 2.45) is 7.05 Å². The third kappa shape index (κ3) is 1.91. The Kier molecular flexibility index (Phi) is 2.85. The van der Waals surface area contributed by atoms with Crippen molar-refractivity contribution in [2.45, 2.75) is 12.5 Å². The highest BCUT2D eigenvalue weighted by molar-refractivity contribution is 7.09. The molecule has 0 aliphatic rings. The molecule has 0 amide bonds. The van der Waals surface area contributed by atoms with Gasteiger partial charge < -0.3 is 5.11 Å². The number of aryl methyl sites for hydroxylation is 1. The number of aliphatic hydroxyl groups excluding tert-OH is 1. The lowest BCUT2D eigenvalue weighted by atomic mass is 10.1. The summed E-state index contributed by atoms with van der Waals surface area (Å²) in [6.45, 7) is 0. The molecule has 0 bridgehead atoms. The lowest BCUT2D eigenvalue weighted by molar-refractivity contribution is 0.177. The highest BCUT2D eigenvalue weighted by Gasteiger charge is 2.15. The molecule has 0 spiro atoms. The van der Waals surface area contributed by atoms with E-state index in [1.807, 2.05) is 41.4 Å². The van der Waals surface area contributed by atoms with Crippen LogP contribution in [-0.2, 0) is 13.5 Å². The van der Waals surface area contributed by atoms with E-state index >= 15 is 0 Å². The number of aromatic nitrogens is 3. The Balaban J connectivity index is 1.96. The van der Waals surface area contributed by atoms with Crippen molar-refractivity contribution < 1.29 is 5.11 Å². The number of aliphatic hydroxyl groups is 1. The van der Waals surface area contributed by atoms with E-state index in [9.17, 15) is 5.11 Å². The minimum atomic E-state index is -0.580. The summed E-state index contributed by atoms with van der Waals surface area (Å²) in [7, 11) is 1.92. The minimum Gasteiger partial charge on any atom is -0.386 e. The van der Waals surface area contributed by atoms with Gasteiger partial charge in [0.05, 0.1) is 11.2 Å². The van der Waals surface area contributed by atoms with E-state index in [2.05, 4.69) is 10.1 Å². The molecule has 1 atom stereocenters. The maximum absolute atomic E-state index is 10.1. The normalized spacial score (nSPS) is 13.0. The Bertz CT molecular complexity index is 660. The molecule has 2 aromatic heterocycles. The molecule has 4 nitrogen and oxygen atoms in total. The maximum Gasteiger partial charge on any atom is 0.122 e. The zero-order valence-electron chi connectivity index (χ0n) is 9.95. The fourth-order valence-electron chi connectivity index (χ4n) is 2.11. The van der Waals surface area contributed by atoms with Gasteiger partial charge in [0.15, 0.2) is 0 Å². The second-order valence-electron chi connectivity index (χ2n) is 4.18. The summed E-state index contributed by atoms with van der Waals surface area (Å²) in [4.78, 5) is 4.13. The highest BCUT2D eigenvalue weighted by Crippen LogP contribution is 2.24. The first kappa shape index (κ1) is 11.4. The van der Waals surface area contributed by atoms with E-state index in [0.717, 1.165) is 21.6 Å². The molecule has 0 saturated carbocycles. The molecule has 0 aliphatic heterocycles. The van der Waals surface area contributed by atoms with Crippen molar-refractivity contribution >= 4 is 22.2 Å². The lowest BCUT2D eigenvalue weighted by Gasteiger charge is -2.04. The highest BCUT2D eigenvalue weighted by atomic mass is 32.1. The van der Waals surface area contributed by atoms with Crippen LogP contribution in [0.15, 0.2) is 35.8 Å². The van der Waals surface area contributed by atoms with Crippen molar-refractivity contribution in [3.8, 4) is 0 Å². The fraction of sp³-hybridized carbons (Fsp3) is 0.231. The summed E-state index contributed by atoms with van der Waals surface area (Å²) >= 11 is 1.47.